The fourth-order valence-electron chi connectivity index (χ4n) is 3.77. The predicted octanol–water partition coefficient (Wildman–Crippen LogP) is 6.06. The highest BCUT2D eigenvalue weighted by Crippen LogP contribution is 2.38. The second kappa shape index (κ2) is 10.8. The average molecular weight is 494 g/mol. The number of amides is 2. The van der Waals surface area contributed by atoms with Gasteiger partial charge in [0.1, 0.15) is 11.5 Å². The standard InChI is InChI=1S/C29H23N3O3S/c33-28(22-11-7-15-30-18-22)32-23-12-6-10-21(16-23)17-31-29(34)27-26(24-13-4-5-14-25(24)36-27)35-19-20-8-2-1-3-9-20/h1-16,18H,17,19H2,(H,31,34)(H,32,33). The van der Waals surface area contributed by atoms with Gasteiger partial charge in [-0.25, -0.2) is 0 Å². The van der Waals surface area contributed by atoms with Crippen LogP contribution in [0.2, 0.25) is 0 Å². The number of thiophene rings is 1. The summed E-state index contributed by atoms with van der Waals surface area (Å²) in [6, 6.07) is 28.5. The first kappa shape index (κ1) is 23.3. The number of aromatic nitrogens is 1. The molecular formula is C29H23N3O3S. The Hall–Kier alpha value is -4.49. The van der Waals surface area contributed by atoms with Gasteiger partial charge in [0.2, 0.25) is 0 Å². The van der Waals surface area contributed by atoms with E-state index in [-0.39, 0.29) is 11.8 Å². The highest BCUT2D eigenvalue weighted by atomic mass is 32.1. The summed E-state index contributed by atoms with van der Waals surface area (Å²) in [4.78, 5) is 30.2. The van der Waals surface area contributed by atoms with Gasteiger partial charge in [-0.2, -0.15) is 0 Å². The number of hydrogen-bond donors (Lipinski definition) is 2. The fourth-order valence-corrected chi connectivity index (χ4v) is 4.83. The van der Waals surface area contributed by atoms with E-state index in [0.717, 1.165) is 21.2 Å². The third kappa shape index (κ3) is 5.42. The quantitative estimate of drug-likeness (QED) is 0.275. The minimum atomic E-state index is -0.241. The van der Waals surface area contributed by atoms with Crippen LogP contribution in [0, 0.1) is 0 Å². The lowest BCUT2D eigenvalue weighted by molar-refractivity contribution is 0.0950. The third-order valence-corrected chi connectivity index (χ3v) is 6.69. The second-order valence-electron chi connectivity index (χ2n) is 8.11. The summed E-state index contributed by atoms with van der Waals surface area (Å²) in [5.74, 6) is 0.147. The van der Waals surface area contributed by atoms with Gasteiger partial charge in [0.05, 0.1) is 5.56 Å². The van der Waals surface area contributed by atoms with Crippen molar-refractivity contribution in [1.29, 1.82) is 0 Å². The van der Waals surface area contributed by atoms with E-state index in [9.17, 15) is 9.59 Å². The number of pyridine rings is 1. The SMILES string of the molecule is O=C(Nc1cccc(CNC(=O)c2sc3ccccc3c2OCc2ccccc2)c1)c1cccnc1. The number of hydrogen-bond acceptors (Lipinski definition) is 5. The molecule has 0 aliphatic carbocycles. The largest absolute Gasteiger partial charge is 0.487 e. The highest BCUT2D eigenvalue weighted by molar-refractivity contribution is 7.21. The van der Waals surface area contributed by atoms with E-state index in [4.69, 9.17) is 4.74 Å². The van der Waals surface area contributed by atoms with E-state index in [0.29, 0.717) is 35.0 Å². The molecule has 2 amide bonds. The Labute approximate surface area is 212 Å². The number of fused-ring (bicyclic) bond motifs is 1. The summed E-state index contributed by atoms with van der Waals surface area (Å²) in [6.45, 7) is 0.683. The maximum absolute atomic E-state index is 13.2. The number of ether oxygens (including phenoxy) is 1. The van der Waals surface area contributed by atoms with E-state index < -0.39 is 0 Å². The molecule has 0 fully saturated rings. The van der Waals surface area contributed by atoms with Gasteiger partial charge in [0.25, 0.3) is 11.8 Å². The molecule has 5 aromatic rings. The van der Waals surface area contributed by atoms with Gasteiger partial charge in [-0.3, -0.25) is 14.6 Å². The molecule has 0 aliphatic heterocycles. The monoisotopic (exact) mass is 493 g/mol. The molecule has 6 nitrogen and oxygen atoms in total. The van der Waals surface area contributed by atoms with Crippen molar-refractivity contribution in [3.63, 3.8) is 0 Å². The van der Waals surface area contributed by atoms with E-state index in [1.807, 2.05) is 72.8 Å². The number of nitrogens with zero attached hydrogens (tertiary/aromatic N) is 1. The topological polar surface area (TPSA) is 80.3 Å². The molecule has 0 atom stereocenters. The minimum absolute atomic E-state index is 0.205. The van der Waals surface area contributed by atoms with E-state index in [1.165, 1.54) is 17.5 Å². The number of carbonyl (C=O) groups excluding carboxylic acids is 2. The Kier molecular flexibility index (Phi) is 7.00. The molecule has 5 rings (SSSR count). The Morgan fingerprint density at radius 2 is 1.64 bits per heavy atom. The summed E-state index contributed by atoms with van der Waals surface area (Å²) in [5.41, 5.74) is 3.01. The van der Waals surface area contributed by atoms with Crippen LogP contribution in [0.25, 0.3) is 10.1 Å². The lowest BCUT2D eigenvalue weighted by Crippen LogP contribution is -2.22. The molecule has 36 heavy (non-hydrogen) atoms. The molecule has 3 aromatic carbocycles. The van der Waals surface area contributed by atoms with Crippen LogP contribution in [-0.2, 0) is 13.2 Å². The van der Waals surface area contributed by atoms with Crippen LogP contribution in [0.15, 0.2) is 103 Å². The Balaban J connectivity index is 1.29. The van der Waals surface area contributed by atoms with Crippen LogP contribution in [0.5, 0.6) is 5.75 Å². The molecule has 0 unspecified atom stereocenters. The zero-order valence-electron chi connectivity index (χ0n) is 19.3. The molecule has 2 N–H and O–H groups in total. The molecule has 0 saturated carbocycles. The van der Waals surface area contributed by atoms with Gasteiger partial charge in [0.15, 0.2) is 5.75 Å². The maximum Gasteiger partial charge on any atom is 0.265 e. The van der Waals surface area contributed by atoms with Crippen LogP contribution < -0.4 is 15.4 Å². The first-order valence-electron chi connectivity index (χ1n) is 11.4. The lowest BCUT2D eigenvalue weighted by atomic mass is 10.2. The minimum Gasteiger partial charge on any atom is -0.487 e. The van der Waals surface area contributed by atoms with Crippen LogP contribution in [0.3, 0.4) is 0 Å². The summed E-state index contributed by atoms with van der Waals surface area (Å²) >= 11 is 1.41. The molecule has 0 aliphatic rings. The first-order chi connectivity index (χ1) is 17.7. The Bertz CT molecular complexity index is 1500. The summed E-state index contributed by atoms with van der Waals surface area (Å²) in [6.07, 6.45) is 3.14. The Morgan fingerprint density at radius 3 is 2.47 bits per heavy atom. The molecular weight excluding hydrogens is 470 g/mol. The van der Waals surface area contributed by atoms with Gasteiger partial charge in [-0.05, 0) is 47.5 Å². The molecule has 7 heteroatoms. The van der Waals surface area contributed by atoms with E-state index >= 15 is 0 Å². The smallest absolute Gasteiger partial charge is 0.265 e. The van der Waals surface area contributed by atoms with Crippen molar-refractivity contribution in [2.75, 3.05) is 5.32 Å². The zero-order chi connectivity index (χ0) is 24.7. The fraction of sp³-hybridized carbons (Fsp3) is 0.0690. The van der Waals surface area contributed by atoms with Crippen LogP contribution >= 0.6 is 11.3 Å². The normalized spacial score (nSPS) is 10.7. The first-order valence-corrected chi connectivity index (χ1v) is 12.3. The highest BCUT2D eigenvalue weighted by Gasteiger charge is 2.20. The van der Waals surface area contributed by atoms with Gasteiger partial charge >= 0.3 is 0 Å². The van der Waals surface area contributed by atoms with Crippen LogP contribution in [-0.4, -0.2) is 16.8 Å². The van der Waals surface area contributed by atoms with Gasteiger partial charge < -0.3 is 15.4 Å². The van der Waals surface area contributed by atoms with Gasteiger partial charge in [-0.1, -0.05) is 54.6 Å². The van der Waals surface area contributed by atoms with Crippen molar-refractivity contribution in [1.82, 2.24) is 10.3 Å². The Morgan fingerprint density at radius 1 is 0.833 bits per heavy atom. The number of nitrogens with one attached hydrogen (secondary N) is 2. The molecule has 0 radical (unpaired) electrons. The molecule has 0 bridgehead atoms. The average Bonchev–Trinajstić information content (AvgIpc) is 3.30. The molecule has 0 saturated heterocycles. The van der Waals surface area contributed by atoms with Crippen LogP contribution in [0.4, 0.5) is 5.69 Å². The third-order valence-electron chi connectivity index (χ3n) is 5.54. The van der Waals surface area contributed by atoms with Crippen LogP contribution in [0.1, 0.15) is 31.2 Å². The zero-order valence-corrected chi connectivity index (χ0v) is 20.1. The van der Waals surface area contributed by atoms with Crippen molar-refractivity contribution in [3.8, 4) is 5.75 Å². The summed E-state index contributed by atoms with van der Waals surface area (Å²) < 4.78 is 7.14. The molecule has 2 aromatic heterocycles. The number of benzene rings is 3. The van der Waals surface area contributed by atoms with Crippen molar-refractivity contribution in [2.24, 2.45) is 0 Å². The predicted molar refractivity (Wildman–Crippen MR) is 142 cm³/mol. The molecule has 178 valence electrons. The number of anilines is 1. The van der Waals surface area contributed by atoms with Gasteiger partial charge in [0, 0.05) is 34.7 Å². The van der Waals surface area contributed by atoms with Crippen molar-refractivity contribution < 1.29 is 14.3 Å². The van der Waals surface area contributed by atoms with Crippen molar-refractivity contribution in [3.05, 3.63) is 125 Å². The second-order valence-corrected chi connectivity index (χ2v) is 9.16. The lowest BCUT2D eigenvalue weighted by Gasteiger charge is -2.10. The van der Waals surface area contributed by atoms with Gasteiger partial charge in [-0.15, -0.1) is 11.3 Å². The summed E-state index contributed by atoms with van der Waals surface area (Å²) in [5, 5.41) is 6.78. The van der Waals surface area contributed by atoms with Crippen molar-refractivity contribution >= 4 is 38.9 Å². The van der Waals surface area contributed by atoms with E-state index in [1.54, 1.807) is 24.4 Å². The maximum atomic E-state index is 13.2. The van der Waals surface area contributed by atoms with E-state index in [2.05, 4.69) is 15.6 Å². The molecule has 0 spiro atoms. The van der Waals surface area contributed by atoms with Crippen molar-refractivity contribution in [2.45, 2.75) is 13.2 Å². The summed E-state index contributed by atoms with van der Waals surface area (Å²) in [7, 11) is 0. The molecule has 2 heterocycles. The number of carbonyl (C=O) groups is 2. The number of rotatable bonds is 8.